The van der Waals surface area contributed by atoms with Gasteiger partial charge in [0.05, 0.1) is 23.1 Å². The molecule has 0 fully saturated rings. The molecule has 0 bridgehead atoms. The molecule has 3 aromatic heterocycles. The first-order valence-corrected chi connectivity index (χ1v) is 11.3. The molecular weight excluding hydrogens is 490 g/mol. The fourth-order valence-electron chi connectivity index (χ4n) is 2.83. The van der Waals surface area contributed by atoms with Gasteiger partial charge in [0.2, 0.25) is 0 Å². The molecule has 0 saturated carbocycles. The van der Waals surface area contributed by atoms with E-state index in [0.29, 0.717) is 15.8 Å². The standard InChI is InChI=1S/C20H15BrClN5O2S/c1-26(30(28,29)19-6-5-16(21)9-18(19)22)25-12-17-11-24-20-7-4-15(13-27(17)20)14-3-2-8-23-10-14/h2-13H,1H3. The number of imidazole rings is 1. The van der Waals surface area contributed by atoms with Crippen LogP contribution >= 0.6 is 27.5 Å². The van der Waals surface area contributed by atoms with Crippen molar-refractivity contribution < 1.29 is 8.42 Å². The summed E-state index contributed by atoms with van der Waals surface area (Å²) in [5, 5.41) is 4.22. The van der Waals surface area contributed by atoms with E-state index in [2.05, 4.69) is 31.0 Å². The maximum atomic E-state index is 12.8. The monoisotopic (exact) mass is 503 g/mol. The third kappa shape index (κ3) is 3.96. The van der Waals surface area contributed by atoms with Crippen molar-refractivity contribution >= 4 is 49.4 Å². The van der Waals surface area contributed by atoms with E-state index in [4.69, 9.17) is 11.6 Å². The third-order valence-corrected chi connectivity index (χ3v) is 7.02. The quantitative estimate of drug-likeness (QED) is 0.297. The molecule has 0 unspecified atom stereocenters. The molecule has 0 atom stereocenters. The van der Waals surface area contributed by atoms with Gasteiger partial charge in [0, 0.05) is 41.2 Å². The first kappa shape index (κ1) is 20.5. The van der Waals surface area contributed by atoms with Crippen LogP contribution in [0.3, 0.4) is 0 Å². The Balaban J connectivity index is 1.66. The van der Waals surface area contributed by atoms with E-state index >= 15 is 0 Å². The van der Waals surface area contributed by atoms with Crippen molar-refractivity contribution in [3.63, 3.8) is 0 Å². The number of sulfonamides is 1. The van der Waals surface area contributed by atoms with Gasteiger partial charge >= 0.3 is 0 Å². The van der Waals surface area contributed by atoms with E-state index in [1.165, 1.54) is 25.4 Å². The smallest absolute Gasteiger partial charge is 0.280 e. The van der Waals surface area contributed by atoms with Crippen molar-refractivity contribution in [2.45, 2.75) is 4.90 Å². The summed E-state index contributed by atoms with van der Waals surface area (Å²) in [7, 11) is -2.54. The fourth-order valence-corrected chi connectivity index (χ4v) is 4.80. The summed E-state index contributed by atoms with van der Waals surface area (Å²) < 4.78 is 29.0. The van der Waals surface area contributed by atoms with Crippen LogP contribution in [0.5, 0.6) is 0 Å². The summed E-state index contributed by atoms with van der Waals surface area (Å²) in [6, 6.07) is 12.2. The molecule has 4 rings (SSSR count). The molecule has 0 aliphatic carbocycles. The van der Waals surface area contributed by atoms with E-state index in [-0.39, 0.29) is 9.92 Å². The third-order valence-electron chi connectivity index (χ3n) is 4.40. The molecular formula is C20H15BrClN5O2S. The zero-order valence-corrected chi connectivity index (χ0v) is 18.8. The number of rotatable bonds is 5. The lowest BCUT2D eigenvalue weighted by molar-refractivity contribution is 0.491. The molecule has 0 aliphatic rings. The highest BCUT2D eigenvalue weighted by molar-refractivity contribution is 9.10. The highest BCUT2D eigenvalue weighted by atomic mass is 79.9. The van der Waals surface area contributed by atoms with Gasteiger partial charge in [0.15, 0.2) is 0 Å². The van der Waals surface area contributed by atoms with Gasteiger partial charge in [-0.15, -0.1) is 0 Å². The average Bonchev–Trinajstić information content (AvgIpc) is 3.14. The Morgan fingerprint density at radius 3 is 2.73 bits per heavy atom. The zero-order chi connectivity index (χ0) is 21.3. The highest BCUT2D eigenvalue weighted by Gasteiger charge is 2.22. The first-order chi connectivity index (χ1) is 14.4. The molecule has 3 heterocycles. The number of pyridine rings is 2. The molecule has 1 aromatic carbocycles. The number of aromatic nitrogens is 3. The number of nitrogens with zero attached hydrogens (tertiary/aromatic N) is 5. The Morgan fingerprint density at radius 2 is 2.00 bits per heavy atom. The lowest BCUT2D eigenvalue weighted by Gasteiger charge is -2.14. The normalized spacial score (nSPS) is 12.0. The maximum absolute atomic E-state index is 12.8. The van der Waals surface area contributed by atoms with Gasteiger partial charge in [0.25, 0.3) is 10.0 Å². The molecule has 0 radical (unpaired) electrons. The molecule has 0 amide bonds. The molecule has 152 valence electrons. The Bertz CT molecular complexity index is 1360. The predicted molar refractivity (Wildman–Crippen MR) is 120 cm³/mol. The summed E-state index contributed by atoms with van der Waals surface area (Å²) in [6.07, 6.45) is 8.45. The molecule has 0 aliphatic heterocycles. The average molecular weight is 505 g/mol. The number of benzene rings is 1. The van der Waals surface area contributed by atoms with Gasteiger partial charge in [-0.2, -0.15) is 17.9 Å². The lowest BCUT2D eigenvalue weighted by Crippen LogP contribution is -2.22. The minimum absolute atomic E-state index is 0.0241. The second kappa shape index (κ2) is 8.17. The predicted octanol–water partition coefficient (Wildman–Crippen LogP) is 4.47. The Morgan fingerprint density at radius 1 is 1.17 bits per heavy atom. The van der Waals surface area contributed by atoms with Gasteiger partial charge < -0.3 is 0 Å². The Labute approximate surface area is 186 Å². The molecule has 7 nitrogen and oxygen atoms in total. The van der Waals surface area contributed by atoms with Crippen LogP contribution in [0.1, 0.15) is 5.69 Å². The second-order valence-corrected chi connectivity index (χ2v) is 9.57. The van der Waals surface area contributed by atoms with Gasteiger partial charge in [-0.25, -0.2) is 4.98 Å². The number of hydrazone groups is 1. The maximum Gasteiger partial charge on any atom is 0.280 e. The molecule has 10 heteroatoms. The number of halogens is 2. The molecule has 0 N–H and O–H groups in total. The van der Waals surface area contributed by atoms with Crippen LogP contribution in [0, 0.1) is 0 Å². The van der Waals surface area contributed by atoms with Gasteiger partial charge in [-0.05, 0) is 36.4 Å². The molecule has 0 spiro atoms. The van der Waals surface area contributed by atoms with Crippen molar-refractivity contribution in [2.24, 2.45) is 5.10 Å². The topological polar surface area (TPSA) is 79.9 Å². The Kier molecular flexibility index (Phi) is 5.59. The molecule has 4 aromatic rings. The van der Waals surface area contributed by atoms with E-state index in [9.17, 15) is 8.42 Å². The minimum atomic E-state index is -3.90. The summed E-state index contributed by atoms with van der Waals surface area (Å²) in [5.74, 6) is 0. The van der Waals surface area contributed by atoms with Crippen molar-refractivity contribution in [1.29, 1.82) is 0 Å². The largest absolute Gasteiger partial charge is 0.298 e. The van der Waals surface area contributed by atoms with E-state index in [0.717, 1.165) is 15.5 Å². The number of hydrogen-bond donors (Lipinski definition) is 0. The van der Waals surface area contributed by atoms with Crippen molar-refractivity contribution in [3.05, 3.63) is 82.4 Å². The summed E-state index contributed by atoms with van der Waals surface area (Å²) in [6.45, 7) is 0. The summed E-state index contributed by atoms with van der Waals surface area (Å²) >= 11 is 9.37. The SMILES string of the molecule is CN(N=Cc1cnc2ccc(-c3cccnc3)cn12)S(=O)(=O)c1ccc(Br)cc1Cl. The zero-order valence-electron chi connectivity index (χ0n) is 15.6. The van der Waals surface area contributed by atoms with Gasteiger partial charge in [-0.1, -0.05) is 33.6 Å². The van der Waals surface area contributed by atoms with Crippen molar-refractivity contribution in [2.75, 3.05) is 7.05 Å². The van der Waals surface area contributed by atoms with Crippen LogP contribution in [0.15, 0.2) is 81.7 Å². The molecule has 0 saturated heterocycles. The van der Waals surface area contributed by atoms with Crippen LogP contribution in [0.2, 0.25) is 5.02 Å². The van der Waals surface area contributed by atoms with E-state index in [1.807, 2.05) is 34.9 Å². The van der Waals surface area contributed by atoms with Gasteiger partial charge in [-0.3, -0.25) is 9.38 Å². The van der Waals surface area contributed by atoms with Crippen LogP contribution in [-0.4, -0.2) is 40.5 Å². The van der Waals surface area contributed by atoms with E-state index in [1.54, 1.807) is 24.7 Å². The van der Waals surface area contributed by atoms with Crippen molar-refractivity contribution in [1.82, 2.24) is 18.8 Å². The fraction of sp³-hybridized carbons (Fsp3) is 0.0500. The second-order valence-electron chi connectivity index (χ2n) is 6.33. The Hall–Kier alpha value is -2.75. The van der Waals surface area contributed by atoms with Crippen LogP contribution in [0.25, 0.3) is 16.8 Å². The van der Waals surface area contributed by atoms with Gasteiger partial charge in [0.1, 0.15) is 10.5 Å². The van der Waals surface area contributed by atoms with Crippen LogP contribution in [-0.2, 0) is 10.0 Å². The molecule has 30 heavy (non-hydrogen) atoms. The van der Waals surface area contributed by atoms with Crippen molar-refractivity contribution in [3.8, 4) is 11.1 Å². The lowest BCUT2D eigenvalue weighted by atomic mass is 10.1. The minimum Gasteiger partial charge on any atom is -0.298 e. The van der Waals surface area contributed by atoms with Crippen LogP contribution in [0.4, 0.5) is 0 Å². The highest BCUT2D eigenvalue weighted by Crippen LogP contribution is 2.27. The van der Waals surface area contributed by atoms with E-state index < -0.39 is 10.0 Å². The first-order valence-electron chi connectivity index (χ1n) is 8.72. The number of hydrogen-bond acceptors (Lipinski definition) is 5. The summed E-state index contributed by atoms with van der Waals surface area (Å²) in [4.78, 5) is 8.45. The van der Waals surface area contributed by atoms with Crippen LogP contribution < -0.4 is 0 Å². The number of fused-ring (bicyclic) bond motifs is 1. The summed E-state index contributed by atoms with van der Waals surface area (Å²) in [5.41, 5.74) is 3.25.